The molecule has 0 aromatic carbocycles. The molecule has 0 amide bonds. The quantitative estimate of drug-likeness (QED) is 0.732. The van der Waals surface area contributed by atoms with E-state index in [1.807, 2.05) is 0 Å². The second kappa shape index (κ2) is 5.63. The van der Waals surface area contributed by atoms with Crippen LogP contribution < -0.4 is 5.73 Å². The predicted octanol–water partition coefficient (Wildman–Crippen LogP) is 3.49. The van der Waals surface area contributed by atoms with Gasteiger partial charge in [0.1, 0.15) is 16.1 Å². The van der Waals surface area contributed by atoms with Crippen LogP contribution in [0.25, 0.3) is 22.5 Å². The van der Waals surface area contributed by atoms with Gasteiger partial charge in [0.15, 0.2) is 5.82 Å². The molecule has 3 aromatic rings. The molecule has 0 fully saturated rings. The molecule has 0 aliphatic rings. The number of nitrogens with two attached hydrogens (primary N) is 1. The second-order valence-corrected chi connectivity index (χ2v) is 5.00. The molecule has 21 heavy (non-hydrogen) atoms. The minimum atomic E-state index is 0.357. The first-order valence-electron chi connectivity index (χ1n) is 6.00. The highest BCUT2D eigenvalue weighted by molar-refractivity contribution is 6.29. The number of hydrogen-bond acceptors (Lipinski definition) is 5. The van der Waals surface area contributed by atoms with Gasteiger partial charge in [0.05, 0.1) is 0 Å². The van der Waals surface area contributed by atoms with Crippen molar-refractivity contribution in [2.75, 3.05) is 5.73 Å². The van der Waals surface area contributed by atoms with Gasteiger partial charge >= 0.3 is 0 Å². The maximum absolute atomic E-state index is 6.02. The first kappa shape index (κ1) is 13.7. The highest BCUT2D eigenvalue weighted by Gasteiger charge is 2.09. The minimum Gasteiger partial charge on any atom is -0.383 e. The SMILES string of the molecule is Nc1nc(-c2ccnc(Cl)c2)ncc1-c1ccnc(Cl)c1. The minimum absolute atomic E-state index is 0.357. The van der Waals surface area contributed by atoms with Crippen LogP contribution in [0.15, 0.2) is 42.9 Å². The molecule has 104 valence electrons. The molecule has 5 nitrogen and oxygen atoms in total. The van der Waals surface area contributed by atoms with Crippen LogP contribution in [0, 0.1) is 0 Å². The summed E-state index contributed by atoms with van der Waals surface area (Å²) in [6.45, 7) is 0. The van der Waals surface area contributed by atoms with Crippen molar-refractivity contribution in [1.82, 2.24) is 19.9 Å². The van der Waals surface area contributed by atoms with Gasteiger partial charge in [-0.3, -0.25) is 0 Å². The number of nitrogens with zero attached hydrogens (tertiary/aromatic N) is 4. The Morgan fingerprint density at radius 3 is 2.10 bits per heavy atom. The number of rotatable bonds is 2. The van der Waals surface area contributed by atoms with Crippen LogP contribution in [0.1, 0.15) is 0 Å². The summed E-state index contributed by atoms with van der Waals surface area (Å²) in [6.07, 6.45) is 4.85. The Kier molecular flexibility index (Phi) is 3.68. The lowest BCUT2D eigenvalue weighted by molar-refractivity contribution is 1.18. The average molecular weight is 318 g/mol. The lowest BCUT2D eigenvalue weighted by Crippen LogP contribution is -1.99. The standard InChI is InChI=1S/C14H9Cl2N5/c15-11-5-8(1-3-18-11)10-7-20-14(21-13(10)17)9-2-4-19-12(16)6-9/h1-7H,(H2,17,20,21). The van der Waals surface area contributed by atoms with E-state index in [0.29, 0.717) is 27.5 Å². The van der Waals surface area contributed by atoms with Crippen molar-refractivity contribution >= 4 is 29.0 Å². The van der Waals surface area contributed by atoms with Crippen LogP contribution in [0.4, 0.5) is 5.82 Å². The molecular formula is C14H9Cl2N5. The van der Waals surface area contributed by atoms with E-state index in [1.54, 1.807) is 42.9 Å². The number of pyridine rings is 2. The molecule has 0 bridgehead atoms. The summed E-state index contributed by atoms with van der Waals surface area (Å²) >= 11 is 11.7. The first-order chi connectivity index (χ1) is 10.1. The fourth-order valence-electron chi connectivity index (χ4n) is 1.87. The smallest absolute Gasteiger partial charge is 0.161 e. The van der Waals surface area contributed by atoms with E-state index in [9.17, 15) is 0 Å². The molecule has 3 heterocycles. The summed E-state index contributed by atoms with van der Waals surface area (Å²) in [5.41, 5.74) is 8.28. The molecule has 0 aliphatic heterocycles. The number of nitrogen functional groups attached to an aromatic ring is 1. The van der Waals surface area contributed by atoms with E-state index in [-0.39, 0.29) is 0 Å². The lowest BCUT2D eigenvalue weighted by atomic mass is 10.1. The van der Waals surface area contributed by atoms with Gasteiger partial charge in [-0.15, -0.1) is 0 Å². The summed E-state index contributed by atoms with van der Waals surface area (Å²) in [5, 5.41) is 0.761. The molecule has 0 spiro atoms. The molecule has 0 saturated heterocycles. The van der Waals surface area contributed by atoms with Gasteiger partial charge in [-0.2, -0.15) is 0 Å². The van der Waals surface area contributed by atoms with Crippen LogP contribution in [-0.2, 0) is 0 Å². The summed E-state index contributed by atoms with van der Waals surface area (Å²) in [6, 6.07) is 6.95. The number of aromatic nitrogens is 4. The topological polar surface area (TPSA) is 77.6 Å². The summed E-state index contributed by atoms with van der Waals surface area (Å²) < 4.78 is 0. The third kappa shape index (κ3) is 2.94. The van der Waals surface area contributed by atoms with E-state index >= 15 is 0 Å². The molecule has 0 atom stereocenters. The van der Waals surface area contributed by atoms with E-state index in [0.717, 1.165) is 11.1 Å². The zero-order chi connectivity index (χ0) is 14.8. The molecule has 3 rings (SSSR count). The van der Waals surface area contributed by atoms with Crippen molar-refractivity contribution in [3.8, 4) is 22.5 Å². The van der Waals surface area contributed by atoms with Gasteiger partial charge < -0.3 is 5.73 Å². The summed E-state index contributed by atoms with van der Waals surface area (Å²) in [4.78, 5) is 16.5. The van der Waals surface area contributed by atoms with Crippen LogP contribution in [-0.4, -0.2) is 19.9 Å². The third-order valence-corrected chi connectivity index (χ3v) is 3.25. The molecule has 0 radical (unpaired) electrons. The van der Waals surface area contributed by atoms with Gasteiger partial charge in [0, 0.05) is 29.7 Å². The lowest BCUT2D eigenvalue weighted by Gasteiger charge is -2.07. The average Bonchev–Trinajstić information content (AvgIpc) is 2.47. The zero-order valence-corrected chi connectivity index (χ0v) is 12.2. The van der Waals surface area contributed by atoms with E-state index in [4.69, 9.17) is 28.9 Å². The van der Waals surface area contributed by atoms with Gasteiger partial charge in [0.2, 0.25) is 0 Å². The van der Waals surface area contributed by atoms with Gasteiger partial charge in [0.25, 0.3) is 0 Å². The fourth-order valence-corrected chi connectivity index (χ4v) is 2.22. The number of hydrogen-bond donors (Lipinski definition) is 1. The Balaban J connectivity index is 2.04. The highest BCUT2D eigenvalue weighted by atomic mass is 35.5. The summed E-state index contributed by atoms with van der Waals surface area (Å²) in [5.74, 6) is 0.843. The van der Waals surface area contributed by atoms with E-state index < -0.39 is 0 Å². The van der Waals surface area contributed by atoms with Gasteiger partial charge in [-0.05, 0) is 29.8 Å². The van der Waals surface area contributed by atoms with Gasteiger partial charge in [-0.25, -0.2) is 19.9 Å². The predicted molar refractivity (Wildman–Crippen MR) is 82.9 cm³/mol. The second-order valence-electron chi connectivity index (χ2n) is 4.23. The van der Waals surface area contributed by atoms with Crippen molar-refractivity contribution in [1.29, 1.82) is 0 Å². The van der Waals surface area contributed by atoms with Crippen molar-refractivity contribution in [2.24, 2.45) is 0 Å². The molecule has 2 N–H and O–H groups in total. The van der Waals surface area contributed by atoms with Crippen molar-refractivity contribution in [2.45, 2.75) is 0 Å². The normalized spacial score (nSPS) is 10.6. The maximum atomic E-state index is 6.02. The van der Waals surface area contributed by atoms with Crippen LogP contribution in [0.2, 0.25) is 10.3 Å². The van der Waals surface area contributed by atoms with Gasteiger partial charge in [-0.1, -0.05) is 23.2 Å². The van der Waals surface area contributed by atoms with Crippen molar-refractivity contribution in [3.05, 3.63) is 53.2 Å². The molecule has 0 unspecified atom stereocenters. The molecule has 7 heteroatoms. The van der Waals surface area contributed by atoms with E-state index in [2.05, 4.69) is 19.9 Å². The molecular weight excluding hydrogens is 309 g/mol. The maximum Gasteiger partial charge on any atom is 0.161 e. The fraction of sp³-hybridized carbons (Fsp3) is 0. The zero-order valence-electron chi connectivity index (χ0n) is 10.7. The molecule has 3 aromatic heterocycles. The van der Waals surface area contributed by atoms with E-state index in [1.165, 1.54) is 0 Å². The first-order valence-corrected chi connectivity index (χ1v) is 6.75. The Labute approximate surface area is 130 Å². The Morgan fingerprint density at radius 2 is 1.48 bits per heavy atom. The molecule has 0 saturated carbocycles. The largest absolute Gasteiger partial charge is 0.383 e. The van der Waals surface area contributed by atoms with Crippen molar-refractivity contribution < 1.29 is 0 Å². The van der Waals surface area contributed by atoms with Crippen LogP contribution >= 0.6 is 23.2 Å². The van der Waals surface area contributed by atoms with Crippen LogP contribution in [0.5, 0.6) is 0 Å². The molecule has 0 aliphatic carbocycles. The highest BCUT2D eigenvalue weighted by Crippen LogP contribution is 2.27. The van der Waals surface area contributed by atoms with Crippen molar-refractivity contribution in [3.63, 3.8) is 0 Å². The monoisotopic (exact) mass is 317 g/mol. The third-order valence-electron chi connectivity index (χ3n) is 2.84. The number of anilines is 1. The summed E-state index contributed by atoms with van der Waals surface area (Å²) in [7, 11) is 0. The Morgan fingerprint density at radius 1 is 0.857 bits per heavy atom. The number of halogens is 2. The van der Waals surface area contributed by atoms with Crippen LogP contribution in [0.3, 0.4) is 0 Å². The Hall–Kier alpha value is -2.24. The Bertz CT molecular complexity index is 807.